The van der Waals surface area contributed by atoms with Gasteiger partial charge < -0.3 is 26.4 Å². The molecule has 0 radical (unpaired) electrons. The second kappa shape index (κ2) is 21.7. The van der Waals surface area contributed by atoms with Gasteiger partial charge in [0.2, 0.25) is 0 Å². The van der Waals surface area contributed by atoms with Crippen LogP contribution in [0, 0.1) is 0 Å². The molecule has 0 saturated carbocycles. The maximum absolute atomic E-state index is 13.0. The molecule has 4 aromatic rings. The molecule has 2 heterocycles. The Morgan fingerprint density at radius 1 is 0.774 bits per heavy atom. The number of sulfone groups is 2. The number of carbonyl (C=O) groups excluding carboxylic acids is 3. The van der Waals surface area contributed by atoms with E-state index < -0.39 is 43.6 Å². The van der Waals surface area contributed by atoms with E-state index in [1.165, 1.54) is 32.0 Å². The van der Waals surface area contributed by atoms with Crippen LogP contribution in [0.4, 0.5) is 0 Å². The summed E-state index contributed by atoms with van der Waals surface area (Å²) in [6.07, 6.45) is 4.22. The van der Waals surface area contributed by atoms with Gasteiger partial charge in [0, 0.05) is 32.1 Å². The van der Waals surface area contributed by atoms with Crippen LogP contribution in [-0.4, -0.2) is 95.0 Å². The summed E-state index contributed by atoms with van der Waals surface area (Å²) in [6.45, 7) is 5.81. The molecule has 0 fully saturated rings. The van der Waals surface area contributed by atoms with Crippen LogP contribution in [0.15, 0.2) is 70.5 Å². The molecule has 19 heteroatoms. The number of nitrogens with one attached hydrogen (secondary N) is 2. The third-order valence-corrected chi connectivity index (χ3v) is 13.8. The summed E-state index contributed by atoms with van der Waals surface area (Å²) in [5.41, 5.74) is 10.9. The summed E-state index contributed by atoms with van der Waals surface area (Å²) < 4.78 is 46.2. The number of carboxylic acid groups (broad SMARTS) is 1. The van der Waals surface area contributed by atoms with E-state index in [4.69, 9.17) is 57.2 Å². The Morgan fingerprint density at radius 3 is 1.82 bits per heavy atom. The maximum atomic E-state index is 13.0. The molecular formula is C43H48Cl4N4O9S2. The van der Waals surface area contributed by atoms with Crippen molar-refractivity contribution in [2.75, 3.05) is 32.6 Å². The summed E-state index contributed by atoms with van der Waals surface area (Å²) in [7, 11) is -4.58. The van der Waals surface area contributed by atoms with E-state index >= 15 is 0 Å². The molecule has 0 bridgehead atoms. The summed E-state index contributed by atoms with van der Waals surface area (Å²) >= 11 is 24.8. The van der Waals surface area contributed by atoms with Crippen LogP contribution in [-0.2, 0) is 68.0 Å². The monoisotopic (exact) mass is 968 g/mol. The molecule has 0 saturated heterocycles. The van der Waals surface area contributed by atoms with Gasteiger partial charge in [0.25, 0.3) is 5.91 Å². The van der Waals surface area contributed by atoms with Crippen LogP contribution in [0.2, 0.25) is 20.1 Å². The van der Waals surface area contributed by atoms with Crippen molar-refractivity contribution in [2.45, 2.75) is 74.5 Å². The molecule has 5 N–H and O–H groups in total. The first-order chi connectivity index (χ1) is 28.9. The van der Waals surface area contributed by atoms with Crippen LogP contribution in [0.5, 0.6) is 0 Å². The zero-order chi connectivity index (χ0) is 46.3. The highest BCUT2D eigenvalue weighted by Gasteiger charge is 2.27. The number of carboxylic acids is 1. The zero-order valence-corrected chi connectivity index (χ0v) is 39.3. The Morgan fingerprint density at radius 2 is 1.29 bits per heavy atom. The van der Waals surface area contributed by atoms with Gasteiger partial charge in [0.05, 0.1) is 53.1 Å². The molecule has 1 amide bonds. The van der Waals surface area contributed by atoms with E-state index in [1.54, 1.807) is 42.5 Å². The van der Waals surface area contributed by atoms with Crippen molar-refractivity contribution < 1.29 is 41.1 Å². The van der Waals surface area contributed by atoms with Gasteiger partial charge in [-0.25, -0.2) is 21.6 Å². The number of benzene rings is 4. The van der Waals surface area contributed by atoms with Gasteiger partial charge in [-0.15, -0.1) is 0 Å². The first-order valence-electron chi connectivity index (χ1n) is 19.2. The lowest BCUT2D eigenvalue weighted by atomic mass is 9.97. The Hall–Kier alpha value is -3.90. The normalized spacial score (nSPS) is 14.7. The fourth-order valence-electron chi connectivity index (χ4n) is 6.74. The molecule has 4 aromatic carbocycles. The quantitative estimate of drug-likeness (QED) is 0.132. The number of carbonyl (C=O) groups is 4. The van der Waals surface area contributed by atoms with Gasteiger partial charge in [-0.3, -0.25) is 14.4 Å². The van der Waals surface area contributed by atoms with Gasteiger partial charge in [0.1, 0.15) is 5.78 Å². The Kier molecular flexibility index (Phi) is 17.7. The Bertz CT molecular complexity index is 2610. The third kappa shape index (κ3) is 13.6. The van der Waals surface area contributed by atoms with Gasteiger partial charge in [-0.1, -0.05) is 70.7 Å². The molecule has 0 spiro atoms. The van der Waals surface area contributed by atoms with Gasteiger partial charge in [-0.05, 0) is 123 Å². The SMILES string of the molecule is CC(=O)[C@@H](N)Cc1cccc(S(C)(=O)=O)c1.CC(=O)[C@H](Cc1cccc(S(C)(=O)=O)c1)NC(=O)c1c(Cl)cc2c(c1Cl)CCNC2.CN1CCc2c(cc(Cl)c(C(=O)O)c2Cl)C1. The third-order valence-electron chi connectivity index (χ3n) is 10.2. The highest BCUT2D eigenvalue weighted by atomic mass is 35.5. The highest BCUT2D eigenvalue weighted by Crippen LogP contribution is 2.35. The minimum atomic E-state index is -3.38. The van der Waals surface area contributed by atoms with Crippen molar-refractivity contribution in [3.8, 4) is 0 Å². The van der Waals surface area contributed by atoms with Crippen molar-refractivity contribution in [1.29, 1.82) is 0 Å². The predicted octanol–water partition coefficient (Wildman–Crippen LogP) is 6.20. The first-order valence-corrected chi connectivity index (χ1v) is 24.5. The summed E-state index contributed by atoms with van der Waals surface area (Å²) in [5.74, 6) is -1.98. The fraction of sp³-hybridized carbons (Fsp3) is 0.349. The molecule has 334 valence electrons. The number of rotatable bonds is 11. The average molecular weight is 971 g/mol. The van der Waals surface area contributed by atoms with E-state index in [1.807, 2.05) is 7.05 Å². The molecule has 2 aliphatic rings. The van der Waals surface area contributed by atoms with Crippen LogP contribution < -0.4 is 16.4 Å². The van der Waals surface area contributed by atoms with E-state index in [0.717, 1.165) is 66.4 Å². The molecular weight excluding hydrogens is 922 g/mol. The molecule has 62 heavy (non-hydrogen) atoms. The number of aromatic carboxylic acids is 1. The summed E-state index contributed by atoms with van der Waals surface area (Å²) in [4.78, 5) is 49.7. The average Bonchev–Trinajstić information content (AvgIpc) is 3.17. The smallest absolute Gasteiger partial charge is 0.338 e. The molecule has 0 aromatic heterocycles. The zero-order valence-electron chi connectivity index (χ0n) is 34.7. The Labute approximate surface area is 382 Å². The number of hydrogen-bond donors (Lipinski definition) is 4. The lowest BCUT2D eigenvalue weighted by Gasteiger charge is -2.26. The topological polar surface area (TPSA) is 210 Å². The van der Waals surface area contributed by atoms with Crippen LogP contribution in [0.25, 0.3) is 0 Å². The largest absolute Gasteiger partial charge is 0.478 e. The second-order valence-electron chi connectivity index (χ2n) is 15.2. The second-order valence-corrected chi connectivity index (χ2v) is 20.8. The first kappa shape index (κ1) is 50.7. The lowest BCUT2D eigenvalue weighted by Crippen LogP contribution is -2.41. The van der Waals surface area contributed by atoms with Gasteiger partial charge in [-0.2, -0.15) is 0 Å². The molecule has 0 unspecified atom stereocenters. The number of nitrogens with two attached hydrogens (primary N) is 1. The lowest BCUT2D eigenvalue weighted by molar-refractivity contribution is -0.119. The van der Waals surface area contributed by atoms with Gasteiger partial charge >= 0.3 is 5.97 Å². The van der Waals surface area contributed by atoms with E-state index in [9.17, 15) is 36.0 Å². The van der Waals surface area contributed by atoms with E-state index in [-0.39, 0.29) is 49.0 Å². The number of hydrogen-bond acceptors (Lipinski definition) is 11. The number of Topliss-reactive ketones (excluding diaryl/α,β-unsaturated/α-hetero) is 2. The summed E-state index contributed by atoms with van der Waals surface area (Å²) in [6, 6.07) is 14.8. The number of likely N-dealkylation sites (N-methyl/N-ethyl adjacent to an activating group) is 1. The van der Waals surface area contributed by atoms with Crippen molar-refractivity contribution in [3.05, 3.63) is 125 Å². The molecule has 0 aliphatic carbocycles. The van der Waals surface area contributed by atoms with Crippen LogP contribution >= 0.6 is 46.4 Å². The fourth-order valence-corrected chi connectivity index (χ4v) is 9.64. The number of halogens is 4. The van der Waals surface area contributed by atoms with E-state index in [0.29, 0.717) is 35.0 Å². The molecule has 13 nitrogen and oxygen atoms in total. The van der Waals surface area contributed by atoms with Crippen molar-refractivity contribution in [2.24, 2.45) is 5.73 Å². The van der Waals surface area contributed by atoms with Crippen molar-refractivity contribution in [1.82, 2.24) is 15.5 Å². The van der Waals surface area contributed by atoms with Crippen LogP contribution in [0.1, 0.15) is 67.9 Å². The van der Waals surface area contributed by atoms with Gasteiger partial charge in [0.15, 0.2) is 25.5 Å². The highest BCUT2D eigenvalue weighted by molar-refractivity contribution is 7.91. The van der Waals surface area contributed by atoms with Crippen molar-refractivity contribution in [3.63, 3.8) is 0 Å². The predicted molar refractivity (Wildman–Crippen MR) is 242 cm³/mol. The molecule has 6 rings (SSSR count). The standard InChI is InChI=1S/C21H22Cl2N2O4S.C11H11Cl2NO2.C11H15NO3S/c1-12(26)18(9-13-4-3-5-15(8-13)30(2,28)29)25-21(27)19-17(22)10-14-11-24-7-6-16(14)20(19)23;1-14-3-2-7-6(5-14)4-8(12)9(10(7)13)11(15)16;1-8(13)11(12)7-9-4-3-5-10(6-9)16(2,14)15/h3-5,8,10,18,24H,6-7,9,11H2,1-2H3,(H,25,27);4H,2-3,5H2,1H3,(H,15,16);3-6,11H,7,12H2,1-2H3/t18-;;11-/m0.0/s1. The molecule has 2 atom stereocenters. The Balaban J connectivity index is 0.000000223. The molecule has 2 aliphatic heterocycles. The maximum Gasteiger partial charge on any atom is 0.338 e. The minimum absolute atomic E-state index is 0.0200. The van der Waals surface area contributed by atoms with Crippen molar-refractivity contribution >= 4 is 89.5 Å². The number of amides is 1. The summed E-state index contributed by atoms with van der Waals surface area (Å²) in [5, 5.41) is 16.0. The van der Waals surface area contributed by atoms with Crippen LogP contribution in [0.3, 0.4) is 0 Å². The van der Waals surface area contributed by atoms with E-state index in [2.05, 4.69) is 15.5 Å². The number of fused-ring (bicyclic) bond motifs is 2. The minimum Gasteiger partial charge on any atom is -0.478 e. The number of nitrogens with zero attached hydrogens (tertiary/aromatic N) is 1. The number of ketones is 2.